The van der Waals surface area contributed by atoms with Crippen LogP contribution in [0.4, 0.5) is 11.4 Å². The number of anilines is 2. The minimum atomic E-state index is -0.699. The lowest BCUT2D eigenvalue weighted by molar-refractivity contribution is -0.138. The number of hydrogen-bond donors (Lipinski definition) is 2. The van der Waals surface area contributed by atoms with Gasteiger partial charge in [-0.2, -0.15) is 5.26 Å². The quantitative estimate of drug-likeness (QED) is 0.455. The molecule has 23 heavy (non-hydrogen) atoms. The van der Waals surface area contributed by atoms with Crippen molar-refractivity contribution in [2.45, 2.75) is 20.8 Å². The smallest absolute Gasteiger partial charge is 0.350 e. The summed E-state index contributed by atoms with van der Waals surface area (Å²) in [6.07, 6.45) is 1.26. The van der Waals surface area contributed by atoms with Crippen LogP contribution in [0.5, 0.6) is 5.75 Å². The fraction of sp³-hybridized carbons (Fsp3) is 0.312. The van der Waals surface area contributed by atoms with E-state index < -0.39 is 5.97 Å². The average molecular weight is 317 g/mol. The minimum absolute atomic E-state index is 0.151. The van der Waals surface area contributed by atoms with Gasteiger partial charge in [0, 0.05) is 18.8 Å². The number of nitrogens with one attached hydrogen (secondary N) is 2. The maximum absolute atomic E-state index is 11.5. The molecule has 0 fully saturated rings. The van der Waals surface area contributed by atoms with Crippen molar-refractivity contribution >= 4 is 23.3 Å². The number of amides is 1. The van der Waals surface area contributed by atoms with Crippen LogP contribution in [0.1, 0.15) is 20.8 Å². The van der Waals surface area contributed by atoms with Gasteiger partial charge in [0.1, 0.15) is 11.8 Å². The van der Waals surface area contributed by atoms with Crippen LogP contribution in [-0.4, -0.2) is 25.1 Å². The van der Waals surface area contributed by atoms with E-state index in [4.69, 9.17) is 14.7 Å². The molecule has 0 unspecified atom stereocenters. The van der Waals surface area contributed by atoms with Crippen molar-refractivity contribution in [3.05, 3.63) is 30.0 Å². The average Bonchev–Trinajstić information content (AvgIpc) is 2.50. The van der Waals surface area contributed by atoms with E-state index in [0.717, 1.165) is 0 Å². The lowest BCUT2D eigenvalue weighted by atomic mass is 10.2. The fourth-order valence-corrected chi connectivity index (χ4v) is 1.69. The van der Waals surface area contributed by atoms with Gasteiger partial charge in [0.05, 0.1) is 18.9 Å². The van der Waals surface area contributed by atoms with E-state index in [1.165, 1.54) is 13.1 Å². The van der Waals surface area contributed by atoms with E-state index in [1.807, 2.05) is 6.92 Å². The largest absolute Gasteiger partial charge is 0.492 e. The zero-order valence-electron chi connectivity index (χ0n) is 13.3. The van der Waals surface area contributed by atoms with Crippen LogP contribution in [0.3, 0.4) is 0 Å². The molecule has 0 saturated carbocycles. The molecule has 1 amide bonds. The van der Waals surface area contributed by atoms with E-state index in [2.05, 4.69) is 10.6 Å². The lowest BCUT2D eigenvalue weighted by Crippen LogP contribution is -2.09. The van der Waals surface area contributed by atoms with Crippen LogP contribution in [0.2, 0.25) is 0 Å². The first kappa shape index (κ1) is 18.0. The number of esters is 1. The van der Waals surface area contributed by atoms with Gasteiger partial charge < -0.3 is 20.1 Å². The molecule has 0 aromatic heterocycles. The molecule has 0 aliphatic carbocycles. The standard InChI is InChI=1S/C16H19N3O4/c1-4-22-15-7-6-13(8-14(15)19-11(3)20)18-10-12(9-17)16(21)23-5-2/h6-8,10,18H,4-5H2,1-3H3,(H,19,20)/b12-10+. The molecule has 7 nitrogen and oxygen atoms in total. The number of hydrogen-bond acceptors (Lipinski definition) is 6. The molecule has 0 saturated heterocycles. The van der Waals surface area contributed by atoms with Gasteiger partial charge in [0.2, 0.25) is 5.91 Å². The normalized spacial score (nSPS) is 10.4. The van der Waals surface area contributed by atoms with Crippen molar-refractivity contribution in [2.24, 2.45) is 0 Å². The molecule has 0 atom stereocenters. The molecule has 2 N–H and O–H groups in total. The second kappa shape index (κ2) is 9.10. The highest BCUT2D eigenvalue weighted by Gasteiger charge is 2.10. The van der Waals surface area contributed by atoms with Gasteiger partial charge >= 0.3 is 5.97 Å². The van der Waals surface area contributed by atoms with Crippen molar-refractivity contribution in [1.82, 2.24) is 0 Å². The van der Waals surface area contributed by atoms with E-state index in [9.17, 15) is 9.59 Å². The molecule has 1 aromatic carbocycles. The van der Waals surface area contributed by atoms with Crippen LogP contribution in [0, 0.1) is 11.3 Å². The third-order valence-electron chi connectivity index (χ3n) is 2.59. The molecular formula is C16H19N3O4. The van der Waals surface area contributed by atoms with Gasteiger partial charge in [-0.3, -0.25) is 4.79 Å². The number of nitrogens with zero attached hydrogens (tertiary/aromatic N) is 1. The Bertz CT molecular complexity index is 647. The van der Waals surface area contributed by atoms with Crippen molar-refractivity contribution in [2.75, 3.05) is 23.8 Å². The van der Waals surface area contributed by atoms with Crippen LogP contribution in [0.25, 0.3) is 0 Å². The molecule has 122 valence electrons. The second-order valence-electron chi connectivity index (χ2n) is 4.36. The maximum Gasteiger partial charge on any atom is 0.350 e. The summed E-state index contributed by atoms with van der Waals surface area (Å²) in [4.78, 5) is 22.8. The lowest BCUT2D eigenvalue weighted by Gasteiger charge is -2.12. The Morgan fingerprint density at radius 2 is 2.04 bits per heavy atom. The number of ether oxygens (including phenoxy) is 2. The van der Waals surface area contributed by atoms with E-state index in [1.54, 1.807) is 31.2 Å². The fourth-order valence-electron chi connectivity index (χ4n) is 1.69. The highest BCUT2D eigenvalue weighted by molar-refractivity contribution is 5.93. The van der Waals surface area contributed by atoms with Crippen LogP contribution in [0.15, 0.2) is 30.0 Å². The monoisotopic (exact) mass is 317 g/mol. The number of nitriles is 1. The first-order chi connectivity index (χ1) is 11.0. The van der Waals surface area contributed by atoms with Crippen LogP contribution < -0.4 is 15.4 Å². The predicted molar refractivity (Wildman–Crippen MR) is 85.9 cm³/mol. The summed E-state index contributed by atoms with van der Waals surface area (Å²) in [5.41, 5.74) is 0.920. The molecule has 0 heterocycles. The molecule has 1 rings (SSSR count). The Balaban J connectivity index is 2.98. The van der Waals surface area contributed by atoms with Gasteiger partial charge in [0.25, 0.3) is 0 Å². The van der Waals surface area contributed by atoms with Gasteiger partial charge in [-0.25, -0.2) is 4.79 Å². The Morgan fingerprint density at radius 1 is 1.30 bits per heavy atom. The Labute approximate surface area is 134 Å². The van der Waals surface area contributed by atoms with Crippen molar-refractivity contribution in [3.8, 4) is 11.8 Å². The first-order valence-corrected chi connectivity index (χ1v) is 7.10. The Morgan fingerprint density at radius 3 is 2.61 bits per heavy atom. The van der Waals surface area contributed by atoms with E-state index in [-0.39, 0.29) is 18.1 Å². The number of carbonyl (C=O) groups is 2. The molecule has 0 aliphatic rings. The highest BCUT2D eigenvalue weighted by atomic mass is 16.5. The van der Waals surface area contributed by atoms with Gasteiger partial charge in [0.15, 0.2) is 5.57 Å². The number of benzene rings is 1. The molecular weight excluding hydrogens is 298 g/mol. The van der Waals surface area contributed by atoms with Crippen LogP contribution in [-0.2, 0) is 14.3 Å². The van der Waals surface area contributed by atoms with E-state index in [0.29, 0.717) is 23.7 Å². The van der Waals surface area contributed by atoms with Crippen molar-refractivity contribution in [3.63, 3.8) is 0 Å². The van der Waals surface area contributed by atoms with E-state index >= 15 is 0 Å². The zero-order valence-corrected chi connectivity index (χ0v) is 13.3. The summed E-state index contributed by atoms with van der Waals surface area (Å²) in [6.45, 7) is 5.54. The molecule has 0 aliphatic heterocycles. The topological polar surface area (TPSA) is 100 Å². The molecule has 0 radical (unpaired) electrons. The zero-order chi connectivity index (χ0) is 17.2. The number of rotatable bonds is 7. The van der Waals surface area contributed by atoms with Crippen LogP contribution >= 0.6 is 0 Å². The summed E-state index contributed by atoms with van der Waals surface area (Å²) in [5, 5.41) is 14.4. The summed E-state index contributed by atoms with van der Waals surface area (Å²) in [5.74, 6) is -0.401. The third kappa shape index (κ3) is 5.71. The summed E-state index contributed by atoms with van der Waals surface area (Å²) in [7, 11) is 0. The summed E-state index contributed by atoms with van der Waals surface area (Å²) < 4.78 is 10.2. The highest BCUT2D eigenvalue weighted by Crippen LogP contribution is 2.28. The molecule has 1 aromatic rings. The summed E-state index contributed by atoms with van der Waals surface area (Å²) in [6, 6.07) is 6.79. The predicted octanol–water partition coefficient (Wildman–Crippen LogP) is 2.43. The van der Waals surface area contributed by atoms with Crippen molar-refractivity contribution < 1.29 is 19.1 Å². The third-order valence-corrected chi connectivity index (χ3v) is 2.59. The Hall–Kier alpha value is -3.01. The maximum atomic E-state index is 11.5. The first-order valence-electron chi connectivity index (χ1n) is 7.10. The molecule has 7 heteroatoms. The molecule has 0 bridgehead atoms. The summed E-state index contributed by atoms with van der Waals surface area (Å²) >= 11 is 0. The van der Waals surface area contributed by atoms with Gasteiger partial charge in [-0.1, -0.05) is 0 Å². The Kier molecular flexibility index (Phi) is 7.14. The SMILES string of the molecule is CCOC(=O)/C(C#N)=C/Nc1ccc(OCC)c(NC(C)=O)c1. The number of carbonyl (C=O) groups excluding carboxylic acids is 2. The van der Waals surface area contributed by atoms with Gasteiger partial charge in [-0.05, 0) is 32.0 Å². The second-order valence-corrected chi connectivity index (χ2v) is 4.36. The van der Waals surface area contributed by atoms with Crippen molar-refractivity contribution in [1.29, 1.82) is 5.26 Å². The van der Waals surface area contributed by atoms with Gasteiger partial charge in [-0.15, -0.1) is 0 Å². The minimum Gasteiger partial charge on any atom is -0.492 e. The molecule has 0 spiro atoms.